The van der Waals surface area contributed by atoms with Crippen molar-refractivity contribution in [1.82, 2.24) is 25.3 Å². The Kier molecular flexibility index (Phi) is 15.4. The molecule has 1 unspecified atom stereocenters. The van der Waals surface area contributed by atoms with Gasteiger partial charge >= 0.3 is 6.03 Å². The molecular formula is C33H65N7O3. The molecule has 1 spiro atoms. The summed E-state index contributed by atoms with van der Waals surface area (Å²) in [6.07, 6.45) is 13.9. The molecule has 0 aliphatic carbocycles. The van der Waals surface area contributed by atoms with Gasteiger partial charge in [-0.25, -0.2) is 4.79 Å². The Morgan fingerprint density at radius 2 is 1.33 bits per heavy atom. The highest BCUT2D eigenvalue weighted by atomic mass is 16.2. The Balaban J connectivity index is 2.28. The normalized spacial score (nSPS) is 20.0. The van der Waals surface area contributed by atoms with Crippen LogP contribution in [0.4, 0.5) is 4.79 Å². The Hall–Kier alpha value is -1.75. The summed E-state index contributed by atoms with van der Waals surface area (Å²) in [4.78, 5) is 47.0. The number of amides is 4. The third kappa shape index (κ3) is 9.87. The molecule has 2 rings (SSSR count). The van der Waals surface area contributed by atoms with E-state index in [-0.39, 0.29) is 17.8 Å². The zero-order valence-corrected chi connectivity index (χ0v) is 28.4. The number of nitrogens with one attached hydrogen (secondary N) is 2. The summed E-state index contributed by atoms with van der Waals surface area (Å²) in [6.45, 7) is 15.3. The maximum atomic E-state index is 14.5. The van der Waals surface area contributed by atoms with Crippen molar-refractivity contribution in [3.8, 4) is 0 Å². The van der Waals surface area contributed by atoms with Gasteiger partial charge in [-0.1, -0.05) is 64.7 Å². The smallest absolute Gasteiger partial charge is 0.328 e. The SMILES string of the molecule is CCCCCCCCCCCCN1C(=O)N(C(CNCCCN)NCCCN)C2(CC(C)(C)N(C(C)=O)C(C)(C)C2)C1=O. The van der Waals surface area contributed by atoms with Gasteiger partial charge in [-0.3, -0.25) is 24.7 Å². The minimum atomic E-state index is -1.05. The van der Waals surface area contributed by atoms with Crippen LogP contribution in [-0.4, -0.2) is 94.6 Å². The monoisotopic (exact) mass is 608 g/mol. The Morgan fingerprint density at radius 1 is 0.814 bits per heavy atom. The number of hydrogen-bond acceptors (Lipinski definition) is 7. The summed E-state index contributed by atoms with van der Waals surface area (Å²) in [5.41, 5.74) is 9.24. The van der Waals surface area contributed by atoms with Gasteiger partial charge in [-0.05, 0) is 73.1 Å². The lowest BCUT2D eigenvalue weighted by molar-refractivity contribution is -0.163. The third-order valence-electron chi connectivity index (χ3n) is 9.22. The van der Waals surface area contributed by atoms with E-state index >= 15 is 0 Å². The molecular weight excluding hydrogens is 542 g/mol. The quantitative estimate of drug-likeness (QED) is 0.113. The van der Waals surface area contributed by atoms with Gasteiger partial charge in [-0.2, -0.15) is 0 Å². The minimum absolute atomic E-state index is 0.0172. The Labute approximate surface area is 262 Å². The lowest BCUT2D eigenvalue weighted by Gasteiger charge is -2.59. The Morgan fingerprint density at radius 3 is 1.84 bits per heavy atom. The second kappa shape index (κ2) is 17.7. The average Bonchev–Trinajstić information content (AvgIpc) is 3.09. The standard InChI is InChI=1S/C33H65N7O3/c1-7-8-9-10-11-12-13-14-15-16-23-38-29(42)33(25-31(3,4)40(27(2)41)32(5,6)26-33)39(30(38)43)28(37-22-18-20-35)24-36-21-17-19-34/h28,36-37H,7-26,34-35H2,1-6H3. The van der Waals surface area contributed by atoms with E-state index in [4.69, 9.17) is 11.5 Å². The molecule has 0 radical (unpaired) electrons. The zero-order chi connectivity index (χ0) is 32.1. The van der Waals surface area contributed by atoms with Crippen LogP contribution in [0, 0.1) is 0 Å². The van der Waals surface area contributed by atoms with E-state index in [1.165, 1.54) is 49.8 Å². The third-order valence-corrected chi connectivity index (χ3v) is 9.22. The molecule has 43 heavy (non-hydrogen) atoms. The summed E-state index contributed by atoms with van der Waals surface area (Å²) in [7, 11) is 0. The number of piperidine rings is 1. The molecule has 2 aliphatic rings. The molecule has 0 saturated carbocycles. The lowest BCUT2D eigenvalue weighted by atomic mass is 9.68. The van der Waals surface area contributed by atoms with Crippen molar-refractivity contribution in [2.75, 3.05) is 39.3 Å². The number of unbranched alkanes of at least 4 members (excludes halogenated alkanes) is 9. The van der Waals surface area contributed by atoms with Crippen LogP contribution in [0.2, 0.25) is 0 Å². The van der Waals surface area contributed by atoms with Crippen LogP contribution in [0.1, 0.15) is 131 Å². The summed E-state index contributed by atoms with van der Waals surface area (Å²) < 4.78 is 0. The predicted octanol–water partition coefficient (Wildman–Crippen LogP) is 4.31. The fraction of sp³-hybridized carbons (Fsp3) is 0.909. The van der Waals surface area contributed by atoms with E-state index in [0.717, 1.165) is 38.6 Å². The van der Waals surface area contributed by atoms with Gasteiger partial charge in [0.15, 0.2) is 0 Å². The molecule has 2 heterocycles. The van der Waals surface area contributed by atoms with Crippen molar-refractivity contribution in [2.45, 2.75) is 154 Å². The molecule has 0 aromatic heterocycles. The van der Waals surface area contributed by atoms with Gasteiger partial charge in [0.05, 0.1) is 6.17 Å². The van der Waals surface area contributed by atoms with Crippen LogP contribution >= 0.6 is 0 Å². The van der Waals surface area contributed by atoms with E-state index in [1.807, 2.05) is 37.5 Å². The van der Waals surface area contributed by atoms with Crippen molar-refractivity contribution < 1.29 is 14.4 Å². The van der Waals surface area contributed by atoms with Crippen molar-refractivity contribution in [1.29, 1.82) is 0 Å². The summed E-state index contributed by atoms with van der Waals surface area (Å²) in [5, 5.41) is 7.01. The number of carbonyl (C=O) groups is 3. The number of hydrogen-bond donors (Lipinski definition) is 4. The topological polar surface area (TPSA) is 137 Å². The minimum Gasteiger partial charge on any atom is -0.332 e. The molecule has 6 N–H and O–H groups in total. The maximum absolute atomic E-state index is 14.5. The highest BCUT2D eigenvalue weighted by Crippen LogP contribution is 2.50. The van der Waals surface area contributed by atoms with E-state index in [0.29, 0.717) is 45.6 Å². The number of nitrogens with two attached hydrogens (primary N) is 2. The fourth-order valence-electron chi connectivity index (χ4n) is 7.88. The van der Waals surface area contributed by atoms with Gasteiger partial charge in [0, 0.05) is 43.9 Å². The first kappa shape index (κ1) is 37.4. The van der Waals surface area contributed by atoms with Crippen LogP contribution in [0.15, 0.2) is 0 Å². The van der Waals surface area contributed by atoms with Crippen LogP contribution < -0.4 is 22.1 Å². The number of carbonyl (C=O) groups excluding carboxylic acids is 3. The molecule has 10 nitrogen and oxygen atoms in total. The molecule has 2 saturated heterocycles. The van der Waals surface area contributed by atoms with Gasteiger partial charge in [0.25, 0.3) is 5.91 Å². The molecule has 10 heteroatoms. The van der Waals surface area contributed by atoms with Crippen LogP contribution in [0.3, 0.4) is 0 Å². The number of rotatable bonds is 21. The fourth-order valence-corrected chi connectivity index (χ4v) is 7.88. The van der Waals surface area contributed by atoms with Gasteiger partial charge < -0.3 is 21.7 Å². The molecule has 250 valence electrons. The molecule has 0 aromatic carbocycles. The van der Waals surface area contributed by atoms with Crippen molar-refractivity contribution >= 4 is 17.8 Å². The summed E-state index contributed by atoms with van der Waals surface area (Å²) in [6, 6.07) is -0.227. The lowest BCUT2D eigenvalue weighted by Crippen LogP contribution is -2.73. The van der Waals surface area contributed by atoms with E-state index in [2.05, 4.69) is 17.6 Å². The van der Waals surface area contributed by atoms with E-state index in [9.17, 15) is 14.4 Å². The van der Waals surface area contributed by atoms with Crippen molar-refractivity contribution in [3.05, 3.63) is 0 Å². The van der Waals surface area contributed by atoms with Gasteiger partial charge in [0.2, 0.25) is 5.91 Å². The van der Waals surface area contributed by atoms with Gasteiger partial charge in [-0.15, -0.1) is 0 Å². The number of urea groups is 1. The average molecular weight is 608 g/mol. The van der Waals surface area contributed by atoms with E-state index in [1.54, 1.807) is 6.92 Å². The first-order valence-electron chi connectivity index (χ1n) is 17.2. The Bertz CT molecular complexity index is 861. The van der Waals surface area contributed by atoms with Crippen LogP contribution in [0.5, 0.6) is 0 Å². The van der Waals surface area contributed by atoms with Crippen LogP contribution in [0.25, 0.3) is 0 Å². The second-order valence-corrected chi connectivity index (χ2v) is 14.1. The maximum Gasteiger partial charge on any atom is 0.328 e. The van der Waals surface area contributed by atoms with Crippen molar-refractivity contribution in [3.63, 3.8) is 0 Å². The molecule has 2 aliphatic heterocycles. The van der Waals surface area contributed by atoms with E-state index < -0.39 is 22.8 Å². The second-order valence-electron chi connectivity index (χ2n) is 14.1. The first-order chi connectivity index (χ1) is 20.4. The largest absolute Gasteiger partial charge is 0.332 e. The number of imide groups is 1. The molecule has 1 atom stereocenters. The first-order valence-corrected chi connectivity index (χ1v) is 17.2. The highest BCUT2D eigenvalue weighted by molar-refractivity contribution is 6.07. The van der Waals surface area contributed by atoms with Crippen molar-refractivity contribution in [2.24, 2.45) is 11.5 Å². The summed E-state index contributed by atoms with van der Waals surface area (Å²) >= 11 is 0. The zero-order valence-electron chi connectivity index (χ0n) is 28.4. The molecule has 2 fully saturated rings. The number of nitrogens with zero attached hydrogens (tertiary/aromatic N) is 3. The number of likely N-dealkylation sites (tertiary alicyclic amines) is 1. The molecule has 0 aromatic rings. The molecule has 0 bridgehead atoms. The highest BCUT2D eigenvalue weighted by Gasteiger charge is 2.66. The van der Waals surface area contributed by atoms with Gasteiger partial charge in [0.1, 0.15) is 5.54 Å². The predicted molar refractivity (Wildman–Crippen MR) is 175 cm³/mol. The molecule has 4 amide bonds. The summed E-state index contributed by atoms with van der Waals surface area (Å²) in [5.74, 6) is -0.137. The van der Waals surface area contributed by atoms with Crippen LogP contribution in [-0.2, 0) is 9.59 Å².